The molecular formula is C19H19ClN4O2. The number of aromatic nitrogens is 2. The summed E-state index contributed by atoms with van der Waals surface area (Å²) in [6.07, 6.45) is 1.45. The molecule has 0 unspecified atom stereocenters. The molecule has 0 aliphatic heterocycles. The highest BCUT2D eigenvalue weighted by Crippen LogP contribution is 2.32. The molecule has 0 saturated heterocycles. The topological polar surface area (TPSA) is 68.5 Å². The number of hydrogen-bond acceptors (Lipinski definition) is 4. The zero-order valence-electron chi connectivity index (χ0n) is 14.6. The molecule has 1 aliphatic rings. The van der Waals surface area contributed by atoms with Crippen LogP contribution in [-0.4, -0.2) is 28.3 Å². The maximum atomic E-state index is 12.2. The van der Waals surface area contributed by atoms with E-state index in [2.05, 4.69) is 20.4 Å². The van der Waals surface area contributed by atoms with Crippen LogP contribution in [0.25, 0.3) is 4.85 Å². The summed E-state index contributed by atoms with van der Waals surface area (Å²) >= 11 is 6.01. The molecule has 1 aliphatic carbocycles. The standard InChI is InChI=1S/C19H19ClN4O2/c1-11(2)16-6-7-18(24-23-16)19(25)22-12-8-14(9-12)26-13-4-5-17(21-3)15(20)10-13/h4-7,10-12,14H,8-9H2,1-2H3,(H,22,25). The van der Waals surface area contributed by atoms with Crippen molar-refractivity contribution in [2.45, 2.75) is 44.8 Å². The second-order valence-corrected chi connectivity index (χ2v) is 7.01. The highest BCUT2D eigenvalue weighted by atomic mass is 35.5. The Labute approximate surface area is 157 Å². The molecule has 0 spiro atoms. The molecule has 0 atom stereocenters. The number of carbonyl (C=O) groups is 1. The van der Waals surface area contributed by atoms with Crippen molar-refractivity contribution in [1.29, 1.82) is 0 Å². The minimum atomic E-state index is -0.222. The zero-order chi connectivity index (χ0) is 18.7. The SMILES string of the molecule is [C-]#[N+]c1ccc(OC2CC(NC(=O)c3ccc(C(C)C)nn3)C2)cc1Cl. The molecule has 3 rings (SSSR count). The van der Waals surface area contributed by atoms with E-state index in [-0.39, 0.29) is 24.0 Å². The fourth-order valence-corrected chi connectivity index (χ4v) is 2.87. The number of hydrogen-bond donors (Lipinski definition) is 1. The van der Waals surface area contributed by atoms with Gasteiger partial charge in [-0.3, -0.25) is 4.79 Å². The highest BCUT2D eigenvalue weighted by Gasteiger charge is 2.32. The number of ether oxygens (including phenoxy) is 1. The average Bonchev–Trinajstić information content (AvgIpc) is 2.60. The zero-order valence-corrected chi connectivity index (χ0v) is 15.3. The molecular weight excluding hydrogens is 352 g/mol. The first kappa shape index (κ1) is 18.2. The van der Waals surface area contributed by atoms with Crippen molar-refractivity contribution in [3.05, 3.63) is 58.2 Å². The molecule has 0 radical (unpaired) electrons. The van der Waals surface area contributed by atoms with Gasteiger partial charge >= 0.3 is 0 Å². The van der Waals surface area contributed by atoms with Gasteiger partial charge in [0.2, 0.25) is 5.69 Å². The third-order valence-corrected chi connectivity index (χ3v) is 4.58. The third-order valence-electron chi connectivity index (χ3n) is 4.28. The van der Waals surface area contributed by atoms with Gasteiger partial charge in [0, 0.05) is 18.9 Å². The van der Waals surface area contributed by atoms with E-state index < -0.39 is 0 Å². The average molecular weight is 371 g/mol. The predicted molar refractivity (Wildman–Crippen MR) is 98.7 cm³/mol. The summed E-state index contributed by atoms with van der Waals surface area (Å²) in [4.78, 5) is 15.5. The summed E-state index contributed by atoms with van der Waals surface area (Å²) in [7, 11) is 0. The van der Waals surface area contributed by atoms with Gasteiger partial charge in [-0.15, -0.1) is 5.10 Å². The van der Waals surface area contributed by atoms with Gasteiger partial charge in [-0.1, -0.05) is 31.5 Å². The van der Waals surface area contributed by atoms with E-state index >= 15 is 0 Å². The van der Waals surface area contributed by atoms with E-state index in [1.165, 1.54) is 0 Å². The van der Waals surface area contributed by atoms with Gasteiger partial charge in [-0.2, -0.15) is 5.10 Å². The fraction of sp³-hybridized carbons (Fsp3) is 0.368. The molecule has 134 valence electrons. The van der Waals surface area contributed by atoms with Crippen molar-refractivity contribution < 1.29 is 9.53 Å². The quantitative estimate of drug-likeness (QED) is 0.803. The Kier molecular flexibility index (Phi) is 5.38. The van der Waals surface area contributed by atoms with Crippen LogP contribution in [0.4, 0.5) is 5.69 Å². The normalized spacial score (nSPS) is 18.7. The van der Waals surface area contributed by atoms with Gasteiger partial charge in [-0.25, -0.2) is 4.85 Å². The Morgan fingerprint density at radius 1 is 1.31 bits per heavy atom. The smallest absolute Gasteiger partial charge is 0.272 e. The van der Waals surface area contributed by atoms with E-state index in [9.17, 15) is 4.79 Å². The van der Waals surface area contributed by atoms with Gasteiger partial charge in [0.25, 0.3) is 5.91 Å². The van der Waals surface area contributed by atoms with Gasteiger partial charge in [0.1, 0.15) is 11.9 Å². The summed E-state index contributed by atoms with van der Waals surface area (Å²) in [5.41, 5.74) is 1.59. The van der Waals surface area contributed by atoms with E-state index in [1.54, 1.807) is 24.3 Å². The lowest BCUT2D eigenvalue weighted by Crippen LogP contribution is -2.49. The summed E-state index contributed by atoms with van der Waals surface area (Å²) in [6.45, 7) is 11.0. The molecule has 1 aromatic carbocycles. The number of nitrogens with one attached hydrogen (secondary N) is 1. The van der Waals surface area contributed by atoms with Crippen LogP contribution >= 0.6 is 11.6 Å². The summed E-state index contributed by atoms with van der Waals surface area (Å²) in [5, 5.41) is 11.4. The minimum Gasteiger partial charge on any atom is -0.490 e. The molecule has 7 heteroatoms. The fourth-order valence-electron chi connectivity index (χ4n) is 2.65. The molecule has 1 N–H and O–H groups in total. The maximum absolute atomic E-state index is 12.2. The summed E-state index contributed by atoms with van der Waals surface area (Å²) in [6, 6.07) is 8.60. The first-order valence-corrected chi connectivity index (χ1v) is 8.82. The molecule has 1 aromatic heterocycles. The Morgan fingerprint density at radius 3 is 2.65 bits per heavy atom. The van der Waals surface area contributed by atoms with Crippen LogP contribution in [0.5, 0.6) is 5.75 Å². The first-order valence-electron chi connectivity index (χ1n) is 8.44. The minimum absolute atomic E-state index is 0.0181. The lowest BCUT2D eigenvalue weighted by molar-refractivity contribution is 0.0697. The van der Waals surface area contributed by atoms with E-state index in [1.807, 2.05) is 19.9 Å². The van der Waals surface area contributed by atoms with Crippen molar-refractivity contribution >= 4 is 23.2 Å². The van der Waals surface area contributed by atoms with Crippen LogP contribution in [0, 0.1) is 6.57 Å². The second kappa shape index (κ2) is 7.71. The number of halogens is 1. The third kappa shape index (κ3) is 4.12. The molecule has 2 aromatic rings. The van der Waals surface area contributed by atoms with Crippen LogP contribution in [0.2, 0.25) is 5.02 Å². The van der Waals surface area contributed by atoms with Gasteiger partial charge in [-0.05, 0) is 30.2 Å². The van der Waals surface area contributed by atoms with Crippen molar-refractivity contribution in [3.63, 3.8) is 0 Å². The van der Waals surface area contributed by atoms with Gasteiger partial charge in [0.05, 0.1) is 17.3 Å². The number of carbonyl (C=O) groups excluding carboxylic acids is 1. The van der Waals surface area contributed by atoms with Crippen LogP contribution in [0.15, 0.2) is 30.3 Å². The molecule has 1 heterocycles. The lowest BCUT2D eigenvalue weighted by Gasteiger charge is -2.35. The number of rotatable bonds is 5. The van der Waals surface area contributed by atoms with Gasteiger partial charge in [0.15, 0.2) is 5.69 Å². The highest BCUT2D eigenvalue weighted by molar-refractivity contribution is 6.33. The molecule has 26 heavy (non-hydrogen) atoms. The van der Waals surface area contributed by atoms with Crippen molar-refractivity contribution in [2.24, 2.45) is 0 Å². The van der Waals surface area contributed by atoms with Crippen LogP contribution in [0.1, 0.15) is 48.8 Å². The number of nitrogens with zero attached hydrogens (tertiary/aromatic N) is 3. The second-order valence-electron chi connectivity index (χ2n) is 6.60. The number of amides is 1. The monoisotopic (exact) mass is 370 g/mol. The van der Waals surface area contributed by atoms with Crippen molar-refractivity contribution in [3.8, 4) is 5.75 Å². The summed E-state index contributed by atoms with van der Waals surface area (Å²) in [5.74, 6) is 0.689. The predicted octanol–water partition coefficient (Wildman–Crippen LogP) is 4.14. The Balaban J connectivity index is 1.48. The molecule has 1 saturated carbocycles. The van der Waals surface area contributed by atoms with E-state index in [0.717, 1.165) is 5.69 Å². The maximum Gasteiger partial charge on any atom is 0.272 e. The molecule has 0 bridgehead atoms. The van der Waals surface area contributed by atoms with Crippen molar-refractivity contribution in [2.75, 3.05) is 0 Å². The van der Waals surface area contributed by atoms with Crippen molar-refractivity contribution in [1.82, 2.24) is 15.5 Å². The Hall–Kier alpha value is -2.65. The molecule has 1 fully saturated rings. The van der Waals surface area contributed by atoms with Crippen LogP contribution in [0.3, 0.4) is 0 Å². The van der Waals surface area contributed by atoms with E-state index in [0.29, 0.717) is 35.0 Å². The molecule has 1 amide bonds. The Morgan fingerprint density at radius 2 is 2.08 bits per heavy atom. The van der Waals surface area contributed by atoms with Gasteiger partial charge < -0.3 is 10.1 Å². The Bertz CT molecular complexity index is 840. The van der Waals surface area contributed by atoms with Crippen LogP contribution in [-0.2, 0) is 0 Å². The summed E-state index contributed by atoms with van der Waals surface area (Å²) < 4.78 is 5.82. The number of benzene rings is 1. The van der Waals surface area contributed by atoms with E-state index in [4.69, 9.17) is 22.9 Å². The van der Waals surface area contributed by atoms with Crippen LogP contribution < -0.4 is 10.1 Å². The first-order chi connectivity index (χ1) is 12.5. The largest absolute Gasteiger partial charge is 0.490 e. The lowest BCUT2D eigenvalue weighted by atomic mass is 9.89. The molecule has 6 nitrogen and oxygen atoms in total.